The maximum atomic E-state index is 13.0. The maximum absolute atomic E-state index is 13.0. The molecule has 0 saturated heterocycles. The average Bonchev–Trinajstić information content (AvgIpc) is 2.61. The second kappa shape index (κ2) is 10.6. The van der Waals surface area contributed by atoms with E-state index in [4.69, 9.17) is 9.16 Å². The van der Waals surface area contributed by atoms with Gasteiger partial charge in [0.1, 0.15) is 5.60 Å². The topological polar surface area (TPSA) is 81.7 Å². The highest BCUT2D eigenvalue weighted by Gasteiger charge is 2.37. The Hall–Kier alpha value is -1.48. The molecule has 1 N–H and O–H groups in total. The van der Waals surface area contributed by atoms with Crippen LogP contribution in [0.2, 0.25) is 18.1 Å². The number of carbonyl (C=O) groups excluding carboxylic acids is 1. The molecule has 0 aromatic heterocycles. The molecule has 0 aliphatic heterocycles. The monoisotopic (exact) mass is 483 g/mol. The van der Waals surface area contributed by atoms with Crippen molar-refractivity contribution in [3.63, 3.8) is 0 Å². The summed E-state index contributed by atoms with van der Waals surface area (Å²) in [5.74, 6) is -0.612. The Bertz CT molecular complexity index is 894. The first-order valence-corrected chi connectivity index (χ1v) is 15.4. The van der Waals surface area contributed by atoms with Gasteiger partial charge in [-0.3, -0.25) is 0 Å². The van der Waals surface area contributed by atoms with Crippen LogP contribution in [0.5, 0.6) is 0 Å². The van der Waals surface area contributed by atoms with Gasteiger partial charge in [-0.05, 0) is 70.8 Å². The van der Waals surface area contributed by atoms with Gasteiger partial charge in [0.2, 0.25) is 10.0 Å². The third kappa shape index (κ3) is 8.81. The molecule has 0 aliphatic carbocycles. The number of aryl methyl sites for hydroxylation is 1. The SMILES string of the molecule is C=C(C(=O)OC(C)(C)C)[C@H](CCCO[Si](C)(C)C(C)(C)C)NS(=O)(=O)c1ccc(C)cc1. The molecule has 1 aromatic carbocycles. The van der Waals surface area contributed by atoms with Crippen molar-refractivity contribution >= 4 is 24.3 Å². The Morgan fingerprint density at radius 1 is 1.09 bits per heavy atom. The first-order valence-electron chi connectivity index (χ1n) is 11.0. The molecule has 1 rings (SSSR count). The first kappa shape index (κ1) is 28.5. The van der Waals surface area contributed by atoms with Gasteiger partial charge in [-0.2, -0.15) is 0 Å². The highest BCUT2D eigenvalue weighted by Crippen LogP contribution is 2.36. The molecule has 0 spiro atoms. The summed E-state index contributed by atoms with van der Waals surface area (Å²) in [6.45, 7) is 22.4. The molecule has 32 heavy (non-hydrogen) atoms. The molecule has 0 bridgehead atoms. The molecule has 0 radical (unpaired) electrons. The second-order valence-corrected chi connectivity index (χ2v) is 17.3. The van der Waals surface area contributed by atoms with Crippen molar-refractivity contribution in [3.8, 4) is 0 Å². The lowest BCUT2D eigenvalue weighted by molar-refractivity contribution is -0.150. The van der Waals surface area contributed by atoms with Gasteiger partial charge in [-0.15, -0.1) is 0 Å². The number of nitrogens with one attached hydrogen (secondary N) is 1. The van der Waals surface area contributed by atoms with Crippen LogP contribution in [-0.4, -0.2) is 41.0 Å². The smallest absolute Gasteiger partial charge is 0.335 e. The third-order valence-electron chi connectivity index (χ3n) is 5.62. The molecule has 0 amide bonds. The normalized spacial score (nSPS) is 14.2. The predicted octanol–water partition coefficient (Wildman–Crippen LogP) is 5.34. The zero-order chi connectivity index (χ0) is 25.0. The summed E-state index contributed by atoms with van der Waals surface area (Å²) < 4.78 is 40.2. The van der Waals surface area contributed by atoms with E-state index >= 15 is 0 Å². The van der Waals surface area contributed by atoms with Crippen LogP contribution >= 0.6 is 0 Å². The maximum Gasteiger partial charge on any atom is 0.335 e. The van der Waals surface area contributed by atoms with E-state index in [2.05, 4.69) is 45.2 Å². The Morgan fingerprint density at radius 3 is 2.09 bits per heavy atom. The van der Waals surface area contributed by atoms with Crippen molar-refractivity contribution in [1.29, 1.82) is 0 Å². The summed E-state index contributed by atoms with van der Waals surface area (Å²) in [4.78, 5) is 12.8. The van der Waals surface area contributed by atoms with E-state index in [1.807, 2.05) is 6.92 Å². The zero-order valence-electron chi connectivity index (χ0n) is 21.2. The Balaban J connectivity index is 2.99. The summed E-state index contributed by atoms with van der Waals surface area (Å²) in [6, 6.07) is 5.77. The second-order valence-electron chi connectivity index (χ2n) is 10.8. The van der Waals surface area contributed by atoms with Crippen molar-refractivity contribution in [2.45, 2.75) is 96.0 Å². The lowest BCUT2D eigenvalue weighted by Crippen LogP contribution is -2.42. The highest BCUT2D eigenvalue weighted by atomic mass is 32.2. The van der Waals surface area contributed by atoms with Gasteiger partial charge in [-0.25, -0.2) is 17.9 Å². The van der Waals surface area contributed by atoms with E-state index in [1.54, 1.807) is 45.0 Å². The lowest BCUT2D eigenvalue weighted by atomic mass is 10.0. The minimum atomic E-state index is -3.84. The van der Waals surface area contributed by atoms with Gasteiger partial charge in [0.25, 0.3) is 0 Å². The summed E-state index contributed by atoms with van der Waals surface area (Å²) in [5, 5.41) is 0.0829. The number of carbonyl (C=O) groups is 1. The molecule has 6 nitrogen and oxygen atoms in total. The van der Waals surface area contributed by atoms with Crippen LogP contribution < -0.4 is 4.72 Å². The summed E-state index contributed by atoms with van der Waals surface area (Å²) >= 11 is 0. The van der Waals surface area contributed by atoms with Crippen molar-refractivity contribution in [2.75, 3.05) is 6.61 Å². The number of benzene rings is 1. The summed E-state index contributed by atoms with van der Waals surface area (Å²) in [5.41, 5.74) is 0.343. The highest BCUT2D eigenvalue weighted by molar-refractivity contribution is 7.89. The molecule has 0 saturated carbocycles. The summed E-state index contributed by atoms with van der Waals surface area (Å²) in [7, 11) is -5.75. The Labute approximate surface area is 196 Å². The Morgan fingerprint density at radius 2 is 1.62 bits per heavy atom. The van der Waals surface area contributed by atoms with Gasteiger partial charge in [-0.1, -0.05) is 45.0 Å². The molecule has 182 valence electrons. The minimum Gasteiger partial charge on any atom is -0.457 e. The van der Waals surface area contributed by atoms with Gasteiger partial charge in [0.15, 0.2) is 8.32 Å². The van der Waals surface area contributed by atoms with Crippen LogP contribution in [0.1, 0.15) is 59.9 Å². The van der Waals surface area contributed by atoms with Crippen LogP contribution in [0, 0.1) is 6.92 Å². The van der Waals surface area contributed by atoms with E-state index < -0.39 is 36.0 Å². The fourth-order valence-corrected chi connectivity index (χ4v) is 4.95. The fourth-order valence-electron chi connectivity index (χ4n) is 2.59. The first-order chi connectivity index (χ1) is 14.4. The molecule has 0 aliphatic rings. The van der Waals surface area contributed by atoms with Crippen LogP contribution in [0.3, 0.4) is 0 Å². The van der Waals surface area contributed by atoms with Crippen LogP contribution in [0.4, 0.5) is 0 Å². The number of sulfonamides is 1. The average molecular weight is 484 g/mol. The number of esters is 1. The van der Waals surface area contributed by atoms with E-state index in [0.29, 0.717) is 19.4 Å². The standard InChI is InChI=1S/C24H41NO5SSi/c1-18-13-15-20(16-14-18)31(27,28)25-21(19(2)22(26)30-23(3,4)5)12-11-17-29-32(9,10)24(6,7)8/h13-16,21,25H,2,11-12,17H2,1,3-10H3/t21-/m0/s1. The summed E-state index contributed by atoms with van der Waals surface area (Å²) in [6.07, 6.45) is 0.952. The van der Waals surface area contributed by atoms with Gasteiger partial charge >= 0.3 is 5.97 Å². The molecule has 0 heterocycles. The van der Waals surface area contributed by atoms with E-state index in [0.717, 1.165) is 5.56 Å². The van der Waals surface area contributed by atoms with E-state index in [-0.39, 0.29) is 15.5 Å². The van der Waals surface area contributed by atoms with E-state index in [1.165, 1.54) is 0 Å². The van der Waals surface area contributed by atoms with Crippen LogP contribution in [-0.2, 0) is 24.0 Å². The quantitative estimate of drug-likeness (QED) is 0.210. The third-order valence-corrected chi connectivity index (χ3v) is 11.6. The number of ether oxygens (including phenoxy) is 1. The van der Waals surface area contributed by atoms with Crippen molar-refractivity contribution < 1.29 is 22.4 Å². The van der Waals surface area contributed by atoms with Gasteiger partial charge in [0, 0.05) is 12.2 Å². The van der Waals surface area contributed by atoms with Crippen molar-refractivity contribution in [3.05, 3.63) is 42.0 Å². The number of hydrogen-bond donors (Lipinski definition) is 1. The fraction of sp³-hybridized carbons (Fsp3) is 0.625. The minimum absolute atomic E-state index is 0.0829. The van der Waals surface area contributed by atoms with E-state index in [9.17, 15) is 13.2 Å². The lowest BCUT2D eigenvalue weighted by Gasteiger charge is -2.36. The molecule has 8 heteroatoms. The Kier molecular flexibility index (Phi) is 9.48. The predicted molar refractivity (Wildman–Crippen MR) is 133 cm³/mol. The molecular weight excluding hydrogens is 442 g/mol. The number of hydrogen-bond acceptors (Lipinski definition) is 5. The largest absolute Gasteiger partial charge is 0.457 e. The zero-order valence-corrected chi connectivity index (χ0v) is 23.0. The molecule has 0 unspecified atom stereocenters. The van der Waals surface area contributed by atoms with Gasteiger partial charge < -0.3 is 9.16 Å². The van der Waals surface area contributed by atoms with Crippen LogP contribution in [0.25, 0.3) is 0 Å². The number of rotatable bonds is 10. The van der Waals surface area contributed by atoms with Crippen molar-refractivity contribution in [1.82, 2.24) is 4.72 Å². The van der Waals surface area contributed by atoms with Gasteiger partial charge in [0.05, 0.1) is 10.9 Å². The molecule has 1 atom stereocenters. The molecule has 1 aromatic rings. The van der Waals surface area contributed by atoms with Crippen molar-refractivity contribution in [2.24, 2.45) is 0 Å². The molecule has 0 fully saturated rings. The van der Waals surface area contributed by atoms with Crippen LogP contribution in [0.15, 0.2) is 41.3 Å². The molecular formula is C24H41NO5SSi.